The third-order valence-corrected chi connectivity index (χ3v) is 6.51. The molecule has 0 aliphatic carbocycles. The first kappa shape index (κ1) is 20.4. The van der Waals surface area contributed by atoms with E-state index in [0.717, 1.165) is 12.1 Å². The number of carbonyl (C=O) groups excluding carboxylic acids is 1. The Hall–Kier alpha value is -2.89. The molecule has 2 aromatic heterocycles. The lowest BCUT2D eigenvalue weighted by Gasteiger charge is -2.38. The summed E-state index contributed by atoms with van der Waals surface area (Å²) >= 11 is 0. The Morgan fingerprint density at radius 2 is 1.97 bits per heavy atom. The molecule has 3 aromatic rings. The molecule has 0 unspecified atom stereocenters. The van der Waals surface area contributed by atoms with Gasteiger partial charge in [-0.15, -0.1) is 0 Å². The van der Waals surface area contributed by atoms with Gasteiger partial charge in [-0.2, -0.15) is 4.72 Å². The quantitative estimate of drug-likeness (QED) is 0.638. The molecule has 1 aromatic carbocycles. The molecule has 0 spiro atoms. The van der Waals surface area contributed by atoms with Crippen molar-refractivity contribution in [1.82, 2.24) is 14.3 Å². The van der Waals surface area contributed by atoms with Gasteiger partial charge >= 0.3 is 0 Å². The van der Waals surface area contributed by atoms with Crippen molar-refractivity contribution in [2.75, 3.05) is 18.5 Å². The number of anilines is 1. The number of nitrogens with one attached hydrogen (secondary N) is 2. The number of halogens is 2. The summed E-state index contributed by atoms with van der Waals surface area (Å²) in [7, 11) is -2.63. The van der Waals surface area contributed by atoms with Gasteiger partial charge in [0.2, 0.25) is 0 Å². The fourth-order valence-electron chi connectivity index (χ4n) is 3.39. The van der Waals surface area contributed by atoms with E-state index in [0.29, 0.717) is 5.39 Å². The Morgan fingerprint density at radius 1 is 1.23 bits per heavy atom. The molecular weight excluding hydrogens is 418 g/mol. The molecule has 1 amide bonds. The van der Waals surface area contributed by atoms with Gasteiger partial charge in [0.15, 0.2) is 16.7 Å². The van der Waals surface area contributed by atoms with Crippen LogP contribution in [0, 0.1) is 11.6 Å². The standard InChI is InChI=1S/C19H18F2N4O4S/c1-19(9-29-10-19)24-30(27,28)18-15-12(4-3-7-22-15)16(25(18)2)17(26)23-11-5-6-13(20)14(21)8-11/h3-8,24H,9-10H2,1-2H3,(H,23,26). The van der Waals surface area contributed by atoms with Crippen molar-refractivity contribution in [1.29, 1.82) is 0 Å². The maximum atomic E-state index is 13.5. The van der Waals surface area contributed by atoms with Gasteiger partial charge in [-0.1, -0.05) is 0 Å². The lowest BCUT2D eigenvalue weighted by atomic mass is 10.0. The van der Waals surface area contributed by atoms with E-state index in [1.807, 2.05) is 0 Å². The first-order chi connectivity index (χ1) is 14.1. The first-order valence-electron chi connectivity index (χ1n) is 8.93. The summed E-state index contributed by atoms with van der Waals surface area (Å²) in [6, 6.07) is 6.07. The molecule has 0 saturated carbocycles. The van der Waals surface area contributed by atoms with Crippen molar-refractivity contribution in [3.63, 3.8) is 0 Å². The molecule has 0 atom stereocenters. The number of nitrogens with zero attached hydrogens (tertiary/aromatic N) is 2. The molecule has 1 aliphatic heterocycles. The second kappa shape index (κ2) is 7.11. The van der Waals surface area contributed by atoms with Crippen LogP contribution in [-0.4, -0.2) is 42.6 Å². The van der Waals surface area contributed by atoms with Crippen LogP contribution in [0.15, 0.2) is 41.6 Å². The largest absolute Gasteiger partial charge is 0.377 e. The number of carbonyl (C=O) groups is 1. The van der Waals surface area contributed by atoms with Crippen LogP contribution >= 0.6 is 0 Å². The van der Waals surface area contributed by atoms with E-state index < -0.39 is 33.1 Å². The highest BCUT2D eigenvalue weighted by Crippen LogP contribution is 2.30. The van der Waals surface area contributed by atoms with Crippen molar-refractivity contribution in [2.45, 2.75) is 17.5 Å². The number of benzene rings is 1. The average molecular weight is 436 g/mol. The maximum absolute atomic E-state index is 13.5. The highest BCUT2D eigenvalue weighted by atomic mass is 32.2. The SMILES string of the molecule is Cn1c(C(=O)Nc2ccc(F)c(F)c2)c2cccnc2c1S(=O)(=O)NC1(C)COC1. The molecular formula is C19H18F2N4O4S. The minimum atomic E-state index is -4.05. The third-order valence-electron chi connectivity index (χ3n) is 4.77. The van der Waals surface area contributed by atoms with Crippen LogP contribution in [0.1, 0.15) is 17.4 Å². The van der Waals surface area contributed by atoms with E-state index in [2.05, 4.69) is 15.0 Å². The van der Waals surface area contributed by atoms with Crippen LogP contribution < -0.4 is 10.0 Å². The molecule has 3 heterocycles. The molecule has 1 aliphatic rings. The average Bonchev–Trinajstić information content (AvgIpc) is 2.95. The zero-order valence-corrected chi connectivity index (χ0v) is 16.9. The molecule has 0 radical (unpaired) electrons. The van der Waals surface area contributed by atoms with E-state index in [1.54, 1.807) is 19.1 Å². The number of sulfonamides is 1. The predicted octanol–water partition coefficient (Wildman–Crippen LogP) is 2.17. The third kappa shape index (κ3) is 3.44. The fourth-order valence-corrected chi connectivity index (χ4v) is 5.13. The summed E-state index contributed by atoms with van der Waals surface area (Å²) in [6.45, 7) is 2.17. The summed E-state index contributed by atoms with van der Waals surface area (Å²) < 4.78 is 61.7. The Balaban J connectivity index is 1.78. The highest BCUT2D eigenvalue weighted by Gasteiger charge is 2.40. The van der Waals surface area contributed by atoms with Crippen LogP contribution in [0.5, 0.6) is 0 Å². The van der Waals surface area contributed by atoms with Crippen LogP contribution in [0.2, 0.25) is 0 Å². The fraction of sp³-hybridized carbons (Fsp3) is 0.263. The monoisotopic (exact) mass is 436 g/mol. The zero-order chi connectivity index (χ0) is 21.7. The lowest BCUT2D eigenvalue weighted by molar-refractivity contribution is -0.0523. The number of aromatic nitrogens is 2. The molecule has 8 nitrogen and oxygen atoms in total. The molecule has 4 rings (SSSR count). The van der Waals surface area contributed by atoms with Crippen LogP contribution in [0.4, 0.5) is 14.5 Å². The van der Waals surface area contributed by atoms with Gasteiger partial charge in [-0.05, 0) is 31.2 Å². The Labute approximate surface area is 170 Å². The van der Waals surface area contributed by atoms with Crippen LogP contribution in [0.3, 0.4) is 0 Å². The summed E-state index contributed by atoms with van der Waals surface area (Å²) in [5.74, 6) is -2.86. The molecule has 0 bridgehead atoms. The Kier molecular flexibility index (Phi) is 4.83. The van der Waals surface area contributed by atoms with Gasteiger partial charge < -0.3 is 14.6 Å². The van der Waals surface area contributed by atoms with Crippen LogP contribution in [-0.2, 0) is 21.8 Å². The number of amides is 1. The van der Waals surface area contributed by atoms with Crippen molar-refractivity contribution in [2.24, 2.45) is 7.05 Å². The van der Waals surface area contributed by atoms with Crippen molar-refractivity contribution < 1.29 is 26.7 Å². The van der Waals surface area contributed by atoms with E-state index in [1.165, 1.54) is 23.9 Å². The molecule has 30 heavy (non-hydrogen) atoms. The number of pyridine rings is 1. The maximum Gasteiger partial charge on any atom is 0.273 e. The van der Waals surface area contributed by atoms with Gasteiger partial charge in [-0.3, -0.25) is 9.78 Å². The van der Waals surface area contributed by atoms with Crippen molar-refractivity contribution in [3.05, 3.63) is 53.9 Å². The van der Waals surface area contributed by atoms with Crippen LogP contribution in [0.25, 0.3) is 10.9 Å². The summed E-state index contributed by atoms with van der Waals surface area (Å²) in [5, 5.41) is 2.59. The topological polar surface area (TPSA) is 102 Å². The van der Waals surface area contributed by atoms with Gasteiger partial charge in [0.25, 0.3) is 15.9 Å². The second-order valence-electron chi connectivity index (χ2n) is 7.35. The Morgan fingerprint density at radius 3 is 2.60 bits per heavy atom. The summed E-state index contributed by atoms with van der Waals surface area (Å²) in [6.07, 6.45) is 1.42. The lowest BCUT2D eigenvalue weighted by Crippen LogP contribution is -2.59. The minimum absolute atomic E-state index is 0.0122. The smallest absolute Gasteiger partial charge is 0.273 e. The van der Waals surface area contributed by atoms with Gasteiger partial charge in [0.05, 0.1) is 18.8 Å². The molecule has 1 saturated heterocycles. The number of rotatable bonds is 5. The van der Waals surface area contributed by atoms with E-state index in [4.69, 9.17) is 4.74 Å². The number of fused-ring (bicyclic) bond motifs is 1. The molecule has 11 heteroatoms. The van der Waals surface area contributed by atoms with Crippen molar-refractivity contribution >= 4 is 32.5 Å². The van der Waals surface area contributed by atoms with Gasteiger partial charge in [0.1, 0.15) is 11.2 Å². The number of ether oxygens (including phenoxy) is 1. The van der Waals surface area contributed by atoms with Gasteiger partial charge in [-0.25, -0.2) is 17.2 Å². The molecule has 1 fully saturated rings. The van der Waals surface area contributed by atoms with E-state index in [-0.39, 0.29) is 35.1 Å². The van der Waals surface area contributed by atoms with E-state index in [9.17, 15) is 22.0 Å². The summed E-state index contributed by atoms with van der Waals surface area (Å²) in [5.41, 5.74) is -0.595. The summed E-state index contributed by atoms with van der Waals surface area (Å²) in [4.78, 5) is 17.1. The number of hydrogen-bond donors (Lipinski definition) is 2. The number of hydrogen-bond acceptors (Lipinski definition) is 5. The minimum Gasteiger partial charge on any atom is -0.377 e. The second-order valence-corrected chi connectivity index (χ2v) is 8.95. The predicted molar refractivity (Wildman–Crippen MR) is 105 cm³/mol. The normalized spacial score (nSPS) is 15.7. The van der Waals surface area contributed by atoms with Gasteiger partial charge in [0, 0.05) is 30.4 Å². The van der Waals surface area contributed by atoms with E-state index >= 15 is 0 Å². The zero-order valence-electron chi connectivity index (χ0n) is 16.1. The Bertz CT molecular complexity index is 1270. The van der Waals surface area contributed by atoms with Crippen molar-refractivity contribution in [3.8, 4) is 0 Å². The molecule has 158 valence electrons. The highest BCUT2D eigenvalue weighted by molar-refractivity contribution is 7.89. The first-order valence-corrected chi connectivity index (χ1v) is 10.4. The molecule has 2 N–H and O–H groups in total.